The molecule has 0 aliphatic carbocycles. The summed E-state index contributed by atoms with van der Waals surface area (Å²) in [6.45, 7) is 0.966. The molecule has 0 aromatic carbocycles. The molecular formula is C6H10ClNO. The minimum absolute atomic E-state index is 0.0579. The minimum atomic E-state index is 0.0579. The fraction of sp³-hybridized carbons (Fsp3) is 0.833. The molecule has 3 heteroatoms. The summed E-state index contributed by atoms with van der Waals surface area (Å²) in [5.41, 5.74) is 0. The van der Waals surface area contributed by atoms with Gasteiger partial charge in [0.1, 0.15) is 0 Å². The van der Waals surface area contributed by atoms with E-state index in [1.807, 2.05) is 0 Å². The molecule has 2 nitrogen and oxygen atoms in total. The Hall–Kier alpha value is -0.0800. The standard InChI is InChI=1S/C6H10ClNO/c7-4-6(9)5-2-1-3-8-5/h5,8H,1-4H2/t5-/m0/s1. The third-order valence-electron chi connectivity index (χ3n) is 1.58. The number of alkyl halides is 1. The highest BCUT2D eigenvalue weighted by atomic mass is 35.5. The van der Waals surface area contributed by atoms with Gasteiger partial charge < -0.3 is 5.32 Å². The average Bonchev–Trinajstić information content (AvgIpc) is 2.37. The lowest BCUT2D eigenvalue weighted by atomic mass is 10.2. The van der Waals surface area contributed by atoms with E-state index in [0.717, 1.165) is 19.4 Å². The van der Waals surface area contributed by atoms with Crippen molar-refractivity contribution in [1.29, 1.82) is 0 Å². The van der Waals surface area contributed by atoms with Gasteiger partial charge >= 0.3 is 0 Å². The van der Waals surface area contributed by atoms with E-state index < -0.39 is 0 Å². The Morgan fingerprint density at radius 2 is 2.56 bits per heavy atom. The first-order valence-electron chi connectivity index (χ1n) is 3.16. The Kier molecular flexibility index (Phi) is 2.49. The van der Waals surface area contributed by atoms with Crippen molar-refractivity contribution in [3.63, 3.8) is 0 Å². The lowest BCUT2D eigenvalue weighted by molar-refractivity contribution is -0.118. The number of halogens is 1. The zero-order valence-electron chi connectivity index (χ0n) is 5.19. The zero-order valence-corrected chi connectivity index (χ0v) is 5.95. The molecule has 1 saturated heterocycles. The van der Waals surface area contributed by atoms with Gasteiger partial charge in [0.2, 0.25) is 0 Å². The topological polar surface area (TPSA) is 29.1 Å². The van der Waals surface area contributed by atoms with Gasteiger partial charge in [0.25, 0.3) is 0 Å². The van der Waals surface area contributed by atoms with Crippen molar-refractivity contribution < 1.29 is 4.79 Å². The smallest absolute Gasteiger partial charge is 0.164 e. The third-order valence-corrected chi connectivity index (χ3v) is 1.84. The highest BCUT2D eigenvalue weighted by molar-refractivity contribution is 6.28. The molecule has 1 N–H and O–H groups in total. The third kappa shape index (κ3) is 1.66. The van der Waals surface area contributed by atoms with E-state index in [2.05, 4.69) is 5.32 Å². The summed E-state index contributed by atoms with van der Waals surface area (Å²) >= 11 is 5.34. The Morgan fingerprint density at radius 3 is 3.00 bits per heavy atom. The lowest BCUT2D eigenvalue weighted by Gasteiger charge is -2.03. The number of hydrogen-bond acceptors (Lipinski definition) is 2. The normalized spacial score (nSPS) is 26.6. The molecule has 1 heterocycles. The molecule has 1 aliphatic heterocycles. The first-order valence-corrected chi connectivity index (χ1v) is 3.70. The van der Waals surface area contributed by atoms with Crippen LogP contribution in [0.5, 0.6) is 0 Å². The molecule has 9 heavy (non-hydrogen) atoms. The molecule has 1 fully saturated rings. The van der Waals surface area contributed by atoms with Crippen LogP contribution >= 0.6 is 11.6 Å². The number of hydrogen-bond donors (Lipinski definition) is 1. The second-order valence-corrected chi connectivity index (χ2v) is 2.52. The molecule has 0 unspecified atom stereocenters. The van der Waals surface area contributed by atoms with Crippen LogP contribution in [0, 0.1) is 0 Å². The molecule has 0 amide bonds. The first kappa shape index (κ1) is 7.03. The van der Waals surface area contributed by atoms with E-state index in [4.69, 9.17) is 11.6 Å². The minimum Gasteiger partial charge on any atom is -0.307 e. The van der Waals surface area contributed by atoms with E-state index in [0.29, 0.717) is 0 Å². The summed E-state index contributed by atoms with van der Waals surface area (Å²) in [6, 6.07) is 0.0579. The van der Waals surface area contributed by atoms with Crippen molar-refractivity contribution in [2.45, 2.75) is 18.9 Å². The van der Waals surface area contributed by atoms with Crippen LogP contribution in [0.25, 0.3) is 0 Å². The quantitative estimate of drug-likeness (QED) is 0.578. The maximum absolute atomic E-state index is 10.8. The number of nitrogens with one attached hydrogen (secondary N) is 1. The van der Waals surface area contributed by atoms with Crippen LogP contribution in [0.1, 0.15) is 12.8 Å². The fourth-order valence-corrected chi connectivity index (χ4v) is 1.24. The predicted molar refractivity (Wildman–Crippen MR) is 36.8 cm³/mol. The first-order chi connectivity index (χ1) is 4.34. The monoisotopic (exact) mass is 147 g/mol. The highest BCUT2D eigenvalue weighted by Crippen LogP contribution is 2.05. The van der Waals surface area contributed by atoms with Gasteiger partial charge in [0.15, 0.2) is 5.78 Å². The van der Waals surface area contributed by atoms with Gasteiger partial charge in [0.05, 0.1) is 11.9 Å². The average molecular weight is 148 g/mol. The maximum Gasteiger partial charge on any atom is 0.164 e. The molecule has 1 rings (SSSR count). The SMILES string of the molecule is O=C(CCl)[C@@H]1CCCN1. The Bertz CT molecular complexity index is 110. The molecule has 0 aromatic rings. The van der Waals surface area contributed by atoms with Crippen LogP contribution in [0.2, 0.25) is 0 Å². The molecule has 0 bridgehead atoms. The predicted octanol–water partition coefficient (Wildman–Crippen LogP) is 0.546. The van der Waals surface area contributed by atoms with Crippen LogP contribution in [0.15, 0.2) is 0 Å². The van der Waals surface area contributed by atoms with E-state index in [1.54, 1.807) is 0 Å². The van der Waals surface area contributed by atoms with Crippen LogP contribution in [0.3, 0.4) is 0 Å². The van der Waals surface area contributed by atoms with Crippen molar-refractivity contribution >= 4 is 17.4 Å². The molecular weight excluding hydrogens is 138 g/mol. The second kappa shape index (κ2) is 3.18. The van der Waals surface area contributed by atoms with Crippen LogP contribution in [-0.2, 0) is 4.79 Å². The van der Waals surface area contributed by atoms with Crippen molar-refractivity contribution in [2.75, 3.05) is 12.4 Å². The summed E-state index contributed by atoms with van der Waals surface area (Å²) in [4.78, 5) is 10.8. The van der Waals surface area contributed by atoms with Crippen molar-refractivity contribution in [1.82, 2.24) is 5.32 Å². The van der Waals surface area contributed by atoms with E-state index in [-0.39, 0.29) is 17.7 Å². The molecule has 1 aliphatic rings. The maximum atomic E-state index is 10.8. The summed E-state index contributed by atoms with van der Waals surface area (Å²) in [6.07, 6.45) is 2.07. The van der Waals surface area contributed by atoms with Crippen LogP contribution in [0.4, 0.5) is 0 Å². The van der Waals surface area contributed by atoms with E-state index in [9.17, 15) is 4.79 Å². The number of carbonyl (C=O) groups is 1. The van der Waals surface area contributed by atoms with Gasteiger partial charge in [-0.1, -0.05) is 0 Å². The van der Waals surface area contributed by atoms with E-state index in [1.165, 1.54) is 0 Å². The number of rotatable bonds is 2. The number of ketones is 1. The lowest BCUT2D eigenvalue weighted by Crippen LogP contribution is -2.31. The molecule has 52 valence electrons. The van der Waals surface area contributed by atoms with Gasteiger partial charge in [-0.15, -0.1) is 11.6 Å². The van der Waals surface area contributed by atoms with Gasteiger partial charge in [-0.2, -0.15) is 0 Å². The van der Waals surface area contributed by atoms with E-state index >= 15 is 0 Å². The Morgan fingerprint density at radius 1 is 1.78 bits per heavy atom. The van der Waals surface area contributed by atoms with Gasteiger partial charge in [-0.25, -0.2) is 0 Å². The zero-order chi connectivity index (χ0) is 6.69. The molecule has 0 saturated carbocycles. The fourth-order valence-electron chi connectivity index (χ4n) is 1.05. The molecule has 0 aromatic heterocycles. The largest absolute Gasteiger partial charge is 0.307 e. The molecule has 0 radical (unpaired) electrons. The summed E-state index contributed by atoms with van der Waals surface area (Å²) in [7, 11) is 0. The molecule has 1 atom stereocenters. The second-order valence-electron chi connectivity index (χ2n) is 2.25. The Balaban J connectivity index is 2.32. The van der Waals surface area contributed by atoms with Crippen molar-refractivity contribution in [2.24, 2.45) is 0 Å². The van der Waals surface area contributed by atoms with Crippen molar-refractivity contribution in [3.05, 3.63) is 0 Å². The highest BCUT2D eigenvalue weighted by Gasteiger charge is 2.20. The molecule has 0 spiro atoms. The Labute approximate surface area is 59.6 Å². The van der Waals surface area contributed by atoms with Crippen LogP contribution < -0.4 is 5.32 Å². The van der Waals surface area contributed by atoms with Gasteiger partial charge in [-0.3, -0.25) is 4.79 Å². The number of Topliss-reactive ketones (excluding diaryl/α,β-unsaturated/α-hetero) is 1. The van der Waals surface area contributed by atoms with Gasteiger partial charge in [-0.05, 0) is 19.4 Å². The summed E-state index contributed by atoms with van der Waals surface area (Å²) in [5, 5.41) is 3.07. The summed E-state index contributed by atoms with van der Waals surface area (Å²) < 4.78 is 0. The number of carbonyl (C=O) groups excluding carboxylic acids is 1. The van der Waals surface area contributed by atoms with Crippen molar-refractivity contribution in [3.8, 4) is 0 Å². The van der Waals surface area contributed by atoms with Crippen LogP contribution in [-0.4, -0.2) is 24.2 Å². The summed E-state index contributed by atoms with van der Waals surface area (Å²) in [5.74, 6) is 0.284. The van der Waals surface area contributed by atoms with Gasteiger partial charge in [0, 0.05) is 0 Å².